The van der Waals surface area contributed by atoms with E-state index < -0.39 is 15.4 Å². The van der Waals surface area contributed by atoms with Gasteiger partial charge in [-0.2, -0.15) is 8.42 Å². The van der Waals surface area contributed by atoms with E-state index in [-0.39, 0.29) is 10.8 Å². The van der Waals surface area contributed by atoms with Gasteiger partial charge in [0.05, 0.1) is 5.25 Å². The summed E-state index contributed by atoms with van der Waals surface area (Å²) in [5.74, 6) is 1.91. The molecule has 1 N–H and O–H groups in total. The molecule has 6 atom stereocenters. The fourth-order valence-corrected chi connectivity index (χ4v) is 8.22. The van der Waals surface area contributed by atoms with Gasteiger partial charge in [0.1, 0.15) is 0 Å². The second kappa shape index (κ2) is 6.52. The highest BCUT2D eigenvalue weighted by molar-refractivity contribution is 7.86. The van der Waals surface area contributed by atoms with Crippen LogP contribution in [0.15, 0.2) is 42.3 Å². The molecule has 1 aromatic rings. The zero-order valence-corrected chi connectivity index (χ0v) is 18.2. The summed E-state index contributed by atoms with van der Waals surface area (Å²) < 4.78 is 33.0. The van der Waals surface area contributed by atoms with Gasteiger partial charge >= 0.3 is 0 Å². The molecule has 0 bridgehead atoms. The molecular weight excluding hydrogens is 382 g/mol. The molecule has 1 heterocycles. The number of hydrogen-bond acceptors (Lipinski definition) is 3. The average molecular weight is 414 g/mol. The van der Waals surface area contributed by atoms with Gasteiger partial charge in [-0.1, -0.05) is 37.6 Å². The van der Waals surface area contributed by atoms with Crippen molar-refractivity contribution in [3.63, 3.8) is 0 Å². The summed E-state index contributed by atoms with van der Waals surface area (Å²) in [6.45, 7) is 4.82. The van der Waals surface area contributed by atoms with Gasteiger partial charge in [-0.25, -0.2) is 0 Å². The standard InChI is InChI=1S/C24H31NO3S/c1-23-11-9-18(29(26,27)28)14-17(23)5-6-19-21-8-7-20(16-4-3-13-25-15-16)24(21,2)12-10-22(19)23/h3-5,7,13,15,18-19,21-22H,6,8-12,14H2,1-2H3,(H,26,27,28)/t18-,19-,21-,22-,23-,24+/m0/s1. The lowest BCUT2D eigenvalue weighted by molar-refractivity contribution is -0.00965. The minimum Gasteiger partial charge on any atom is -0.285 e. The van der Waals surface area contributed by atoms with Gasteiger partial charge in [0.15, 0.2) is 0 Å². The first-order chi connectivity index (χ1) is 13.7. The summed E-state index contributed by atoms with van der Waals surface area (Å²) in [5, 5.41) is -0.613. The zero-order valence-electron chi connectivity index (χ0n) is 17.3. The number of fused-ring (bicyclic) bond motifs is 5. The van der Waals surface area contributed by atoms with Crippen LogP contribution in [-0.4, -0.2) is 23.2 Å². The van der Waals surface area contributed by atoms with Crippen LogP contribution in [0.25, 0.3) is 5.57 Å². The van der Waals surface area contributed by atoms with Crippen LogP contribution >= 0.6 is 0 Å². The van der Waals surface area contributed by atoms with Gasteiger partial charge in [-0.15, -0.1) is 0 Å². The number of hydrogen-bond donors (Lipinski definition) is 1. The monoisotopic (exact) mass is 413 g/mol. The molecule has 2 saturated carbocycles. The summed E-state index contributed by atoms with van der Waals surface area (Å²) in [6.07, 6.45) is 15.2. The maximum absolute atomic E-state index is 11.7. The molecule has 0 radical (unpaired) electrons. The van der Waals surface area contributed by atoms with Crippen molar-refractivity contribution >= 4 is 15.7 Å². The Hall–Kier alpha value is -1.46. The van der Waals surface area contributed by atoms with E-state index in [1.54, 1.807) is 0 Å². The number of pyridine rings is 1. The van der Waals surface area contributed by atoms with Crippen LogP contribution in [0.2, 0.25) is 0 Å². The Balaban J connectivity index is 1.45. The second-order valence-electron chi connectivity index (χ2n) is 10.2. The fourth-order valence-electron chi connectivity index (χ4n) is 7.42. The maximum Gasteiger partial charge on any atom is 0.268 e. The average Bonchev–Trinajstić information content (AvgIpc) is 3.04. The molecule has 0 unspecified atom stereocenters. The zero-order chi connectivity index (χ0) is 20.4. The van der Waals surface area contributed by atoms with Crippen LogP contribution in [0, 0.1) is 28.6 Å². The van der Waals surface area contributed by atoms with Crippen molar-refractivity contribution in [2.75, 3.05) is 0 Å². The maximum atomic E-state index is 11.7. The summed E-state index contributed by atoms with van der Waals surface area (Å²) in [4.78, 5) is 4.35. The smallest absolute Gasteiger partial charge is 0.268 e. The molecule has 0 spiro atoms. The van der Waals surface area contributed by atoms with Crippen LogP contribution in [0.4, 0.5) is 0 Å². The second-order valence-corrected chi connectivity index (χ2v) is 11.9. The molecule has 4 aliphatic rings. The Morgan fingerprint density at radius 2 is 1.86 bits per heavy atom. The minimum absolute atomic E-state index is 0.0858. The van der Waals surface area contributed by atoms with Crippen LogP contribution in [0.3, 0.4) is 0 Å². The molecule has 2 fully saturated rings. The Bertz CT molecular complexity index is 983. The predicted molar refractivity (Wildman–Crippen MR) is 115 cm³/mol. The van der Waals surface area contributed by atoms with Crippen molar-refractivity contribution in [1.29, 1.82) is 0 Å². The summed E-state index contributed by atoms with van der Waals surface area (Å²) in [7, 11) is -3.95. The van der Waals surface area contributed by atoms with Gasteiger partial charge in [0.25, 0.3) is 10.1 Å². The molecule has 29 heavy (non-hydrogen) atoms. The SMILES string of the molecule is C[C@]12CC[C@H](S(=O)(=O)O)CC1=CC[C@@H]1[C@@H]2CC[C@]2(C)C(c3cccnc3)=CC[C@@H]12. The van der Waals surface area contributed by atoms with Crippen LogP contribution in [0.1, 0.15) is 64.4 Å². The number of aromatic nitrogens is 1. The first-order valence-electron chi connectivity index (χ1n) is 11.0. The van der Waals surface area contributed by atoms with Crippen molar-refractivity contribution in [2.45, 2.75) is 64.0 Å². The lowest BCUT2D eigenvalue weighted by Crippen LogP contribution is -2.50. The largest absolute Gasteiger partial charge is 0.285 e. The first kappa shape index (κ1) is 19.5. The number of nitrogens with zero attached hydrogens (tertiary/aromatic N) is 1. The van der Waals surface area contributed by atoms with E-state index in [4.69, 9.17) is 0 Å². The summed E-state index contributed by atoms with van der Waals surface area (Å²) in [6, 6.07) is 4.22. The van der Waals surface area contributed by atoms with Gasteiger partial charge in [0, 0.05) is 12.4 Å². The highest BCUT2D eigenvalue weighted by Gasteiger charge is 2.57. The van der Waals surface area contributed by atoms with Gasteiger partial charge in [-0.3, -0.25) is 9.54 Å². The molecule has 5 heteroatoms. The number of allylic oxidation sites excluding steroid dienone is 4. The third-order valence-corrected chi connectivity index (χ3v) is 10.3. The molecule has 156 valence electrons. The highest BCUT2D eigenvalue weighted by Crippen LogP contribution is 2.66. The molecular formula is C24H31NO3S. The summed E-state index contributed by atoms with van der Waals surface area (Å²) in [5.41, 5.74) is 4.32. The van der Waals surface area contributed by atoms with Crippen LogP contribution in [-0.2, 0) is 10.1 Å². The van der Waals surface area contributed by atoms with E-state index >= 15 is 0 Å². The predicted octanol–water partition coefficient (Wildman–Crippen LogP) is 5.29. The van der Waals surface area contributed by atoms with Crippen molar-refractivity contribution in [3.05, 3.63) is 47.8 Å². The molecule has 5 rings (SSSR count). The topological polar surface area (TPSA) is 67.3 Å². The fraction of sp³-hybridized carbons (Fsp3) is 0.625. The lowest BCUT2D eigenvalue weighted by Gasteiger charge is -2.57. The van der Waals surface area contributed by atoms with E-state index in [9.17, 15) is 13.0 Å². The highest BCUT2D eigenvalue weighted by atomic mass is 32.2. The van der Waals surface area contributed by atoms with Gasteiger partial charge < -0.3 is 0 Å². The van der Waals surface area contributed by atoms with E-state index in [0.29, 0.717) is 30.6 Å². The van der Waals surface area contributed by atoms with Gasteiger partial charge in [-0.05, 0) is 90.7 Å². The molecule has 4 nitrogen and oxygen atoms in total. The van der Waals surface area contributed by atoms with Crippen LogP contribution < -0.4 is 0 Å². The van der Waals surface area contributed by atoms with E-state index in [1.807, 2.05) is 18.5 Å². The third-order valence-electron chi connectivity index (χ3n) is 9.03. The van der Waals surface area contributed by atoms with E-state index in [0.717, 1.165) is 19.3 Å². The third kappa shape index (κ3) is 2.88. The first-order valence-corrected chi connectivity index (χ1v) is 12.5. The lowest BCUT2D eigenvalue weighted by atomic mass is 9.47. The van der Waals surface area contributed by atoms with E-state index in [1.165, 1.54) is 29.6 Å². The Labute approximate surface area is 174 Å². The molecule has 0 amide bonds. The quantitative estimate of drug-likeness (QED) is 0.528. The minimum atomic E-state index is -3.95. The van der Waals surface area contributed by atoms with Crippen molar-refractivity contribution in [3.8, 4) is 0 Å². The molecule has 4 aliphatic carbocycles. The Kier molecular flexibility index (Phi) is 4.38. The molecule has 0 aromatic carbocycles. The van der Waals surface area contributed by atoms with Crippen LogP contribution in [0.5, 0.6) is 0 Å². The number of rotatable bonds is 2. The van der Waals surface area contributed by atoms with Crippen molar-refractivity contribution in [2.24, 2.45) is 28.6 Å². The normalized spacial score (nSPS) is 41.6. The Morgan fingerprint density at radius 1 is 1.07 bits per heavy atom. The van der Waals surface area contributed by atoms with E-state index in [2.05, 4.69) is 37.0 Å². The Morgan fingerprint density at radius 3 is 2.59 bits per heavy atom. The van der Waals surface area contributed by atoms with Gasteiger partial charge in [0.2, 0.25) is 0 Å². The molecule has 1 aromatic heterocycles. The summed E-state index contributed by atoms with van der Waals surface area (Å²) >= 11 is 0. The molecule has 0 saturated heterocycles. The van der Waals surface area contributed by atoms with Crippen molar-refractivity contribution in [1.82, 2.24) is 4.98 Å². The van der Waals surface area contributed by atoms with Crippen molar-refractivity contribution < 1.29 is 13.0 Å². The molecule has 0 aliphatic heterocycles.